The number of nitrogens with one attached hydrogen (secondary N) is 2. The quantitative estimate of drug-likeness (QED) is 0.870. The van der Waals surface area contributed by atoms with Gasteiger partial charge in [-0.3, -0.25) is 14.8 Å². The Kier molecular flexibility index (Phi) is 5.15. The molecule has 2 rings (SSSR count). The molecule has 132 valence electrons. The summed E-state index contributed by atoms with van der Waals surface area (Å²) in [6, 6.07) is 1.92. The van der Waals surface area contributed by atoms with Crippen molar-refractivity contribution in [2.75, 3.05) is 11.9 Å². The Hall–Kier alpha value is -1.73. The average molecular weight is 350 g/mol. The van der Waals surface area contributed by atoms with Crippen LogP contribution in [0.2, 0.25) is 0 Å². The standard InChI is InChI=1S/C17H27N5OS/c1-11-10-24-15(19-11)17(5,6)18-9-14(23)20-13-8-12(16(2,3)4)21-22(13)7/h8,10,18H,9H2,1-7H3,(H,20,23). The summed E-state index contributed by atoms with van der Waals surface area (Å²) >= 11 is 1.60. The summed E-state index contributed by atoms with van der Waals surface area (Å²) in [6.45, 7) is 12.5. The number of nitrogens with zero attached hydrogens (tertiary/aromatic N) is 3. The van der Waals surface area contributed by atoms with Crippen LogP contribution in [0.1, 0.15) is 51.0 Å². The molecule has 0 unspecified atom stereocenters. The number of thiazole rings is 1. The topological polar surface area (TPSA) is 71.8 Å². The molecule has 0 radical (unpaired) electrons. The second-order valence-electron chi connectivity index (χ2n) is 7.61. The minimum absolute atomic E-state index is 0.0519. The maximum absolute atomic E-state index is 12.3. The van der Waals surface area contributed by atoms with Crippen molar-refractivity contribution in [2.24, 2.45) is 7.05 Å². The van der Waals surface area contributed by atoms with Gasteiger partial charge in [-0.1, -0.05) is 20.8 Å². The van der Waals surface area contributed by atoms with Crippen LogP contribution in [0.4, 0.5) is 5.82 Å². The molecule has 24 heavy (non-hydrogen) atoms. The zero-order valence-electron chi connectivity index (χ0n) is 15.5. The van der Waals surface area contributed by atoms with Crippen molar-refractivity contribution in [3.8, 4) is 0 Å². The largest absolute Gasteiger partial charge is 0.310 e. The Bertz CT molecular complexity index is 724. The second-order valence-corrected chi connectivity index (χ2v) is 8.47. The zero-order chi connectivity index (χ0) is 18.1. The molecular weight excluding hydrogens is 322 g/mol. The van der Waals surface area contributed by atoms with Gasteiger partial charge in [0.25, 0.3) is 0 Å². The van der Waals surface area contributed by atoms with Gasteiger partial charge in [0.05, 0.1) is 17.8 Å². The summed E-state index contributed by atoms with van der Waals surface area (Å²) in [5.41, 5.74) is 1.55. The first-order valence-corrected chi connectivity index (χ1v) is 8.89. The van der Waals surface area contributed by atoms with Crippen molar-refractivity contribution in [1.82, 2.24) is 20.1 Å². The van der Waals surface area contributed by atoms with Crippen LogP contribution in [0.3, 0.4) is 0 Å². The van der Waals surface area contributed by atoms with Gasteiger partial charge in [0, 0.05) is 29.6 Å². The van der Waals surface area contributed by atoms with Gasteiger partial charge < -0.3 is 5.32 Å². The highest BCUT2D eigenvalue weighted by atomic mass is 32.1. The summed E-state index contributed by atoms with van der Waals surface area (Å²) in [6.07, 6.45) is 0. The van der Waals surface area contributed by atoms with Crippen LogP contribution in [-0.4, -0.2) is 27.2 Å². The van der Waals surface area contributed by atoms with E-state index in [4.69, 9.17) is 0 Å². The van der Waals surface area contributed by atoms with Crippen LogP contribution in [0.25, 0.3) is 0 Å². The number of anilines is 1. The van der Waals surface area contributed by atoms with Gasteiger partial charge in [-0.2, -0.15) is 5.10 Å². The lowest BCUT2D eigenvalue weighted by molar-refractivity contribution is -0.115. The molecule has 0 aliphatic rings. The normalized spacial score (nSPS) is 12.5. The molecule has 2 N–H and O–H groups in total. The third-order valence-corrected chi connectivity index (χ3v) is 5.04. The Morgan fingerprint density at radius 3 is 2.46 bits per heavy atom. The number of aromatic nitrogens is 3. The number of carbonyl (C=O) groups is 1. The van der Waals surface area contributed by atoms with Crippen LogP contribution in [0.15, 0.2) is 11.4 Å². The van der Waals surface area contributed by atoms with Gasteiger partial charge in [-0.15, -0.1) is 11.3 Å². The highest BCUT2D eigenvalue weighted by Crippen LogP contribution is 2.24. The highest BCUT2D eigenvalue weighted by Gasteiger charge is 2.25. The summed E-state index contributed by atoms with van der Waals surface area (Å²) in [5.74, 6) is 0.606. The minimum Gasteiger partial charge on any atom is -0.310 e. The van der Waals surface area contributed by atoms with E-state index < -0.39 is 0 Å². The average Bonchev–Trinajstić information content (AvgIpc) is 3.04. The van der Waals surface area contributed by atoms with Gasteiger partial charge in [0.1, 0.15) is 10.8 Å². The van der Waals surface area contributed by atoms with Crippen molar-refractivity contribution in [3.63, 3.8) is 0 Å². The molecule has 0 aromatic carbocycles. The van der Waals surface area contributed by atoms with Crippen molar-refractivity contribution in [3.05, 3.63) is 27.8 Å². The molecule has 0 aliphatic carbocycles. The fraction of sp³-hybridized carbons (Fsp3) is 0.588. The fourth-order valence-electron chi connectivity index (χ4n) is 2.16. The predicted octanol–water partition coefficient (Wildman–Crippen LogP) is 2.95. The van der Waals surface area contributed by atoms with Crippen LogP contribution in [0, 0.1) is 6.92 Å². The summed E-state index contributed by atoms with van der Waals surface area (Å²) in [5, 5.41) is 13.6. The first kappa shape index (κ1) is 18.6. The van der Waals surface area contributed by atoms with Crippen molar-refractivity contribution >= 4 is 23.1 Å². The van der Waals surface area contributed by atoms with Gasteiger partial charge in [-0.25, -0.2) is 4.98 Å². The molecule has 2 aromatic rings. The Morgan fingerprint density at radius 1 is 1.29 bits per heavy atom. The molecule has 2 heterocycles. The van der Waals surface area contributed by atoms with E-state index in [0.717, 1.165) is 16.4 Å². The molecule has 1 amide bonds. The molecule has 0 aliphatic heterocycles. The van der Waals surface area contributed by atoms with E-state index in [2.05, 4.69) is 41.5 Å². The molecule has 0 bridgehead atoms. The van der Waals surface area contributed by atoms with E-state index >= 15 is 0 Å². The molecule has 2 aromatic heterocycles. The first-order valence-electron chi connectivity index (χ1n) is 8.01. The van der Waals surface area contributed by atoms with Crippen molar-refractivity contribution in [2.45, 2.75) is 52.5 Å². The monoisotopic (exact) mass is 349 g/mol. The Balaban J connectivity index is 1.98. The first-order chi connectivity index (χ1) is 11.0. The fourth-order valence-corrected chi connectivity index (χ4v) is 3.05. The van der Waals surface area contributed by atoms with Crippen LogP contribution < -0.4 is 10.6 Å². The predicted molar refractivity (Wildman–Crippen MR) is 98.4 cm³/mol. The van der Waals surface area contributed by atoms with Gasteiger partial charge >= 0.3 is 0 Å². The number of hydrogen-bond donors (Lipinski definition) is 2. The van der Waals surface area contributed by atoms with Gasteiger partial charge in [0.15, 0.2) is 0 Å². The molecule has 0 fully saturated rings. The lowest BCUT2D eigenvalue weighted by Crippen LogP contribution is -2.41. The van der Waals surface area contributed by atoms with Gasteiger partial charge in [-0.05, 0) is 20.8 Å². The third-order valence-electron chi connectivity index (χ3n) is 3.76. The summed E-state index contributed by atoms with van der Waals surface area (Å²) < 4.78 is 1.70. The molecule has 0 saturated heterocycles. The summed E-state index contributed by atoms with van der Waals surface area (Å²) in [7, 11) is 1.83. The highest BCUT2D eigenvalue weighted by molar-refractivity contribution is 7.09. The molecule has 0 spiro atoms. The molecule has 0 saturated carbocycles. The van der Waals surface area contributed by atoms with Crippen molar-refractivity contribution in [1.29, 1.82) is 0 Å². The number of hydrogen-bond acceptors (Lipinski definition) is 5. The number of rotatable bonds is 5. The Morgan fingerprint density at radius 2 is 1.96 bits per heavy atom. The number of aryl methyl sites for hydroxylation is 2. The van der Waals surface area contributed by atoms with Gasteiger partial charge in [0.2, 0.25) is 5.91 Å². The van der Waals surface area contributed by atoms with Crippen LogP contribution in [0.5, 0.6) is 0 Å². The molecule has 6 nitrogen and oxygen atoms in total. The van der Waals surface area contributed by atoms with E-state index in [9.17, 15) is 4.79 Å². The smallest absolute Gasteiger partial charge is 0.239 e. The zero-order valence-corrected chi connectivity index (χ0v) is 16.3. The van der Waals surface area contributed by atoms with E-state index in [1.165, 1.54) is 0 Å². The van der Waals surface area contributed by atoms with E-state index in [1.54, 1.807) is 16.0 Å². The lowest BCUT2D eigenvalue weighted by atomic mass is 9.92. The molecular formula is C17H27N5OS. The minimum atomic E-state index is -0.348. The molecule has 7 heteroatoms. The number of carbonyl (C=O) groups excluding carboxylic acids is 1. The van der Waals surface area contributed by atoms with E-state index in [1.807, 2.05) is 39.3 Å². The Labute approximate surface area is 147 Å². The van der Waals surface area contributed by atoms with Crippen LogP contribution >= 0.6 is 11.3 Å². The number of amides is 1. The van der Waals surface area contributed by atoms with E-state index in [-0.39, 0.29) is 23.4 Å². The second kappa shape index (κ2) is 6.64. The summed E-state index contributed by atoms with van der Waals surface area (Å²) in [4.78, 5) is 16.8. The van der Waals surface area contributed by atoms with Crippen molar-refractivity contribution < 1.29 is 4.79 Å². The SMILES string of the molecule is Cc1csc(C(C)(C)NCC(=O)Nc2cc(C(C)(C)C)nn2C)n1. The lowest BCUT2D eigenvalue weighted by Gasteiger charge is -2.23. The van der Waals surface area contributed by atoms with E-state index in [0.29, 0.717) is 5.82 Å². The third kappa shape index (κ3) is 4.42. The van der Waals surface area contributed by atoms with Crippen LogP contribution in [-0.2, 0) is 22.8 Å². The maximum atomic E-state index is 12.3. The maximum Gasteiger partial charge on any atom is 0.239 e. The molecule has 0 atom stereocenters.